The van der Waals surface area contributed by atoms with Crippen LogP contribution in [0.5, 0.6) is 0 Å². The summed E-state index contributed by atoms with van der Waals surface area (Å²) < 4.78 is 0. The average Bonchev–Trinajstić information content (AvgIpc) is 3.06. The van der Waals surface area contributed by atoms with Crippen molar-refractivity contribution in [2.24, 2.45) is 9.98 Å². The fourth-order valence-electron chi connectivity index (χ4n) is 6.62. The number of rotatable bonds is 23. The molecule has 46 heavy (non-hydrogen) atoms. The van der Waals surface area contributed by atoms with Crippen LogP contribution in [0.4, 0.5) is 11.4 Å². The van der Waals surface area contributed by atoms with E-state index < -0.39 is 0 Å². The van der Waals surface area contributed by atoms with Crippen LogP contribution in [0.2, 0.25) is 0 Å². The van der Waals surface area contributed by atoms with E-state index in [0.717, 1.165) is 23.5 Å². The van der Waals surface area contributed by atoms with Gasteiger partial charge >= 0.3 is 0 Å². The van der Waals surface area contributed by atoms with E-state index >= 15 is 0 Å². The van der Waals surface area contributed by atoms with Crippen molar-refractivity contribution < 1.29 is 0 Å². The molecule has 0 aliphatic carbocycles. The molecule has 0 heterocycles. The van der Waals surface area contributed by atoms with Gasteiger partial charge in [0, 0.05) is 6.21 Å². The first kappa shape index (κ1) is 37.5. The number of aliphatic imine (C=N–C) groups is 2. The van der Waals surface area contributed by atoms with Gasteiger partial charge in [-0.1, -0.05) is 141 Å². The molecule has 2 nitrogen and oxygen atoms in total. The van der Waals surface area contributed by atoms with Crippen LogP contribution < -0.4 is 0 Å². The molecule has 2 heteroatoms. The quantitative estimate of drug-likeness (QED) is 0.0744. The second-order valence-electron chi connectivity index (χ2n) is 13.5. The normalized spacial score (nSPS) is 12.0. The molecule has 250 valence electrons. The van der Waals surface area contributed by atoms with E-state index in [1.54, 1.807) is 0 Å². The third-order valence-corrected chi connectivity index (χ3v) is 9.26. The van der Waals surface area contributed by atoms with Gasteiger partial charge in [-0.3, -0.25) is 9.98 Å². The van der Waals surface area contributed by atoms with E-state index in [1.807, 2.05) is 6.21 Å². The Labute approximate surface area is 283 Å². The summed E-state index contributed by atoms with van der Waals surface area (Å²) in [4.78, 5) is 9.97. The lowest BCUT2D eigenvalue weighted by molar-refractivity contribution is 0.605. The maximum atomic E-state index is 5.05. The molecular formula is C44H64N2. The largest absolute Gasteiger partial charge is 0.255 e. The molecule has 0 spiro atoms. The molecule has 3 rings (SSSR count). The SMILES string of the molecule is CCCCCCCCc1cc(N=CC(C)=Nc2cc(C)c(-c3ccccc3)c(CCCCCCCC)c2)ccc1CCCCCC. The number of aryl methyl sites for hydroxylation is 4. The first-order valence-corrected chi connectivity index (χ1v) is 19.0. The van der Waals surface area contributed by atoms with Crippen molar-refractivity contribution in [2.75, 3.05) is 0 Å². The zero-order valence-electron chi connectivity index (χ0n) is 30.2. The molecule has 0 aliphatic heterocycles. The Morgan fingerprint density at radius 1 is 0.543 bits per heavy atom. The minimum absolute atomic E-state index is 0.943. The first-order chi connectivity index (χ1) is 22.5. The summed E-state index contributed by atoms with van der Waals surface area (Å²) in [5.41, 5.74) is 11.5. The van der Waals surface area contributed by atoms with E-state index in [9.17, 15) is 0 Å². The summed E-state index contributed by atoms with van der Waals surface area (Å²) >= 11 is 0. The third kappa shape index (κ3) is 13.8. The van der Waals surface area contributed by atoms with E-state index in [0.29, 0.717) is 0 Å². The van der Waals surface area contributed by atoms with Crippen LogP contribution in [-0.2, 0) is 19.3 Å². The number of benzene rings is 3. The van der Waals surface area contributed by atoms with Crippen LogP contribution in [0.1, 0.15) is 153 Å². The smallest absolute Gasteiger partial charge is 0.0639 e. The molecular weight excluding hydrogens is 556 g/mol. The highest BCUT2D eigenvalue weighted by Crippen LogP contribution is 2.33. The predicted octanol–water partition coefficient (Wildman–Crippen LogP) is 14.1. The fraction of sp³-hybridized carbons (Fsp3) is 0.545. The molecule has 0 N–H and O–H groups in total. The zero-order valence-corrected chi connectivity index (χ0v) is 30.2. The van der Waals surface area contributed by atoms with Gasteiger partial charge in [0.2, 0.25) is 0 Å². The van der Waals surface area contributed by atoms with Crippen molar-refractivity contribution in [1.29, 1.82) is 0 Å². The van der Waals surface area contributed by atoms with Crippen molar-refractivity contribution >= 4 is 23.3 Å². The van der Waals surface area contributed by atoms with Crippen molar-refractivity contribution in [3.63, 3.8) is 0 Å². The van der Waals surface area contributed by atoms with Crippen LogP contribution in [0, 0.1) is 6.92 Å². The van der Waals surface area contributed by atoms with Gasteiger partial charge in [-0.25, -0.2) is 0 Å². The van der Waals surface area contributed by atoms with Crippen LogP contribution in [-0.4, -0.2) is 11.9 Å². The molecule has 0 atom stereocenters. The Kier molecular flexibility index (Phi) is 18.3. The highest BCUT2D eigenvalue weighted by molar-refractivity contribution is 6.30. The highest BCUT2D eigenvalue weighted by Gasteiger charge is 2.11. The van der Waals surface area contributed by atoms with Crippen LogP contribution >= 0.6 is 0 Å². The van der Waals surface area contributed by atoms with Crippen LogP contribution in [0.3, 0.4) is 0 Å². The molecule has 0 aliphatic rings. The molecule has 0 aromatic heterocycles. The molecule has 0 fully saturated rings. The Balaban J connectivity index is 1.76. The maximum Gasteiger partial charge on any atom is 0.0639 e. The van der Waals surface area contributed by atoms with Gasteiger partial charge in [0.05, 0.1) is 17.1 Å². The number of hydrogen-bond acceptors (Lipinski definition) is 2. The zero-order chi connectivity index (χ0) is 32.8. The Bertz CT molecular complexity index is 1320. The van der Waals surface area contributed by atoms with Gasteiger partial charge in [0.15, 0.2) is 0 Å². The predicted molar refractivity (Wildman–Crippen MR) is 206 cm³/mol. The van der Waals surface area contributed by atoms with Crippen molar-refractivity contribution in [3.05, 3.63) is 82.9 Å². The van der Waals surface area contributed by atoms with Gasteiger partial charge in [0.1, 0.15) is 0 Å². The molecule has 0 saturated carbocycles. The van der Waals surface area contributed by atoms with Crippen LogP contribution in [0.25, 0.3) is 11.1 Å². The molecule has 0 unspecified atom stereocenters. The van der Waals surface area contributed by atoms with Gasteiger partial charge in [-0.2, -0.15) is 0 Å². The van der Waals surface area contributed by atoms with E-state index in [4.69, 9.17) is 9.98 Å². The summed E-state index contributed by atoms with van der Waals surface area (Å²) in [6, 6.07) is 22.4. The van der Waals surface area contributed by atoms with Crippen molar-refractivity contribution in [2.45, 2.75) is 157 Å². The first-order valence-electron chi connectivity index (χ1n) is 19.0. The number of nitrogens with zero attached hydrogens (tertiary/aromatic N) is 2. The second kappa shape index (κ2) is 22.5. The molecule has 3 aromatic rings. The third-order valence-electron chi connectivity index (χ3n) is 9.26. The molecule has 3 aromatic carbocycles. The average molecular weight is 621 g/mol. The molecule has 0 bridgehead atoms. The summed E-state index contributed by atoms with van der Waals surface area (Å²) in [6.45, 7) is 11.2. The van der Waals surface area contributed by atoms with E-state index in [1.165, 1.54) is 149 Å². The summed E-state index contributed by atoms with van der Waals surface area (Å²) in [6.07, 6.45) is 26.5. The Morgan fingerprint density at radius 3 is 1.70 bits per heavy atom. The lowest BCUT2D eigenvalue weighted by Crippen LogP contribution is -1.97. The Hall–Kier alpha value is -3.00. The molecule has 0 saturated heterocycles. The van der Waals surface area contributed by atoms with Gasteiger partial charge in [-0.15, -0.1) is 0 Å². The van der Waals surface area contributed by atoms with Gasteiger partial charge in [0.25, 0.3) is 0 Å². The van der Waals surface area contributed by atoms with Crippen LogP contribution in [0.15, 0.2) is 70.6 Å². The van der Waals surface area contributed by atoms with E-state index in [-0.39, 0.29) is 0 Å². The summed E-state index contributed by atoms with van der Waals surface area (Å²) in [7, 11) is 0. The summed E-state index contributed by atoms with van der Waals surface area (Å²) in [5.74, 6) is 0. The lowest BCUT2D eigenvalue weighted by Gasteiger charge is -2.15. The summed E-state index contributed by atoms with van der Waals surface area (Å²) in [5, 5.41) is 0. The van der Waals surface area contributed by atoms with Crippen molar-refractivity contribution in [1.82, 2.24) is 0 Å². The minimum Gasteiger partial charge on any atom is -0.255 e. The monoisotopic (exact) mass is 621 g/mol. The topological polar surface area (TPSA) is 24.7 Å². The maximum absolute atomic E-state index is 5.05. The molecule has 0 radical (unpaired) electrons. The molecule has 0 amide bonds. The number of hydrogen-bond donors (Lipinski definition) is 0. The van der Waals surface area contributed by atoms with E-state index in [2.05, 4.69) is 95.3 Å². The number of unbranched alkanes of at least 4 members (excludes halogenated alkanes) is 13. The minimum atomic E-state index is 0.943. The fourth-order valence-corrected chi connectivity index (χ4v) is 6.62. The second-order valence-corrected chi connectivity index (χ2v) is 13.5. The lowest BCUT2D eigenvalue weighted by atomic mass is 9.91. The van der Waals surface area contributed by atoms with Gasteiger partial charge < -0.3 is 0 Å². The van der Waals surface area contributed by atoms with Gasteiger partial charge in [-0.05, 0) is 110 Å². The Morgan fingerprint density at radius 2 is 1.07 bits per heavy atom. The standard InChI is InChI=1S/C44H64N2/c1-6-9-12-15-17-21-28-40-33-42(31-30-38(40)25-20-14-11-8-3)45-35-37(5)46-43-32-36(4)44(39-26-23-19-24-27-39)41(34-43)29-22-18-16-13-10-7-2/h19,23-24,26-27,30-35H,6-18,20-22,25,28-29H2,1-5H3. The highest BCUT2D eigenvalue weighted by atomic mass is 14.8. The van der Waals surface area contributed by atoms with Crippen molar-refractivity contribution in [3.8, 4) is 11.1 Å².